The molecule has 0 fully saturated rings. The van der Waals surface area contributed by atoms with Gasteiger partial charge in [0.1, 0.15) is 0 Å². The highest BCUT2D eigenvalue weighted by Crippen LogP contribution is 2.54. The lowest BCUT2D eigenvalue weighted by Gasteiger charge is -2.47. The van der Waals surface area contributed by atoms with Gasteiger partial charge in [-0.2, -0.15) is 0 Å². The summed E-state index contributed by atoms with van der Waals surface area (Å²) in [4.78, 5) is 5.44. The van der Waals surface area contributed by atoms with Gasteiger partial charge in [-0.3, -0.25) is 0 Å². The lowest BCUT2D eigenvalue weighted by atomic mass is 9.35. The molecule has 0 N–H and O–H groups in total. The Morgan fingerprint density at radius 2 is 0.985 bits per heavy atom. The van der Waals surface area contributed by atoms with E-state index in [0.29, 0.717) is 0 Å². The van der Waals surface area contributed by atoms with Crippen LogP contribution in [0.2, 0.25) is 0 Å². The molecule has 65 heavy (non-hydrogen) atoms. The first kappa shape index (κ1) is 44.6. The number of rotatable bonds is 2. The molecule has 0 unspecified atom stereocenters. The second kappa shape index (κ2) is 13.9. The Hall–Kier alpha value is -4.28. The zero-order valence-corrected chi connectivity index (χ0v) is 44.0. The van der Waals surface area contributed by atoms with Crippen LogP contribution in [0.3, 0.4) is 0 Å². The van der Waals surface area contributed by atoms with E-state index in [1.165, 1.54) is 130 Å². The summed E-state index contributed by atoms with van der Waals surface area (Å²) in [5.74, 6) is 0. The first-order valence-electron chi connectivity index (χ1n) is 24.8. The molecule has 0 bridgehead atoms. The fourth-order valence-corrected chi connectivity index (χ4v) is 13.3. The monoisotopic (exact) mass is 879 g/mol. The Morgan fingerprint density at radius 1 is 0.477 bits per heavy atom. The van der Waals surface area contributed by atoms with Gasteiger partial charge in [-0.1, -0.05) is 142 Å². The number of benzene rings is 5. The highest BCUT2D eigenvalue weighted by Gasteiger charge is 2.49. The van der Waals surface area contributed by atoms with Crippen molar-refractivity contribution in [2.75, 3.05) is 9.80 Å². The lowest BCUT2D eigenvalue weighted by molar-refractivity contribution is 0.332. The van der Waals surface area contributed by atoms with Crippen LogP contribution < -0.4 is 25.5 Å². The maximum Gasteiger partial charge on any atom is 0.264 e. The lowest BCUT2D eigenvalue weighted by Crippen LogP contribution is -2.61. The predicted octanol–water partition coefficient (Wildman–Crippen LogP) is 15.9. The number of nitrogens with zero attached hydrogens (tertiary/aromatic N) is 2. The van der Waals surface area contributed by atoms with E-state index in [1.54, 1.807) is 0 Å². The van der Waals surface area contributed by atoms with Gasteiger partial charge in [-0.15, -0.1) is 11.3 Å². The number of thiophene rings is 1. The molecule has 338 valence electrons. The summed E-state index contributed by atoms with van der Waals surface area (Å²) in [6, 6.07) is 32.9. The van der Waals surface area contributed by atoms with Crippen molar-refractivity contribution in [1.29, 1.82) is 0 Å². The van der Waals surface area contributed by atoms with Crippen molar-refractivity contribution in [3.8, 4) is 0 Å². The third-order valence-electron chi connectivity index (χ3n) is 16.6. The molecule has 2 nitrogen and oxygen atoms in total. The smallest absolute Gasteiger partial charge is 0.264 e. The van der Waals surface area contributed by atoms with E-state index < -0.39 is 0 Å². The highest BCUT2D eigenvalue weighted by molar-refractivity contribution is 7.33. The normalized spacial score (nSPS) is 19.1. The average Bonchev–Trinajstić information content (AvgIpc) is 3.58. The van der Waals surface area contributed by atoms with Crippen molar-refractivity contribution in [3.05, 3.63) is 123 Å². The van der Waals surface area contributed by atoms with E-state index in [1.807, 2.05) is 11.3 Å². The van der Waals surface area contributed by atoms with Crippen molar-refractivity contribution in [2.45, 2.75) is 188 Å². The molecule has 4 heteroatoms. The van der Waals surface area contributed by atoms with Crippen LogP contribution in [0.25, 0.3) is 10.1 Å². The Labute approximate surface area is 397 Å². The molecule has 2 aliphatic heterocycles. The largest absolute Gasteiger partial charge is 0.311 e. The van der Waals surface area contributed by atoms with Crippen molar-refractivity contribution in [1.82, 2.24) is 0 Å². The first-order valence-corrected chi connectivity index (χ1v) is 25.6. The number of hydrogen-bond acceptors (Lipinski definition) is 3. The third-order valence-corrected chi connectivity index (χ3v) is 17.9. The van der Waals surface area contributed by atoms with Crippen LogP contribution in [0.15, 0.2) is 78.9 Å². The Morgan fingerprint density at radius 3 is 1.54 bits per heavy atom. The first-order chi connectivity index (χ1) is 30.0. The number of aryl methyl sites for hydroxylation is 1. The van der Waals surface area contributed by atoms with Gasteiger partial charge in [0.05, 0.1) is 5.69 Å². The molecule has 0 saturated carbocycles. The molecule has 3 heterocycles. The van der Waals surface area contributed by atoms with Gasteiger partial charge >= 0.3 is 0 Å². The standard InChI is InChI=1S/C61H75BN2S/c1-36-27-49-52-50(28-36)64(41-30-38(56(5,6)7)29-39(31-41)57(8,9)10)53-42-32-37(55(2,3)4)19-22-51(42)65-54(53)62(52)47-34-45-46(61(17,18)26-25-60(45,15)16)35-48(47)63(49)40-20-21-43-44(33-40)59(13,14)24-23-58(43,11)12/h19-22,27-35H,23-26H2,1-18H3. The SMILES string of the molecule is Cc1cc2c3c(c1)N(c1cc(C(C)(C)C)cc(C(C)(C)C)c1)c1c(sc4ccc(C(C)(C)C)cc14)B3c1cc3c(cc1N2c1ccc2c(c1)C(C)(C)CCC2(C)C)C(C)(C)CCC3(C)C. The molecule has 10 rings (SSSR count). The van der Waals surface area contributed by atoms with E-state index in [9.17, 15) is 0 Å². The van der Waals surface area contributed by atoms with Crippen molar-refractivity contribution in [2.24, 2.45) is 0 Å². The average molecular weight is 879 g/mol. The van der Waals surface area contributed by atoms with Crippen LogP contribution >= 0.6 is 11.3 Å². The van der Waals surface area contributed by atoms with E-state index in [2.05, 4.69) is 213 Å². The van der Waals surface area contributed by atoms with Gasteiger partial charge < -0.3 is 9.80 Å². The second-order valence-corrected chi connectivity index (χ2v) is 27.7. The van der Waals surface area contributed by atoms with E-state index in [-0.39, 0.29) is 44.6 Å². The summed E-state index contributed by atoms with van der Waals surface area (Å²) in [7, 11) is 0. The molecule has 4 aliphatic rings. The summed E-state index contributed by atoms with van der Waals surface area (Å²) >= 11 is 2.04. The molecule has 0 saturated heterocycles. The molecule has 0 spiro atoms. The predicted molar refractivity (Wildman–Crippen MR) is 287 cm³/mol. The third kappa shape index (κ3) is 6.91. The highest BCUT2D eigenvalue weighted by atomic mass is 32.1. The summed E-state index contributed by atoms with van der Waals surface area (Å²) in [5, 5.41) is 1.37. The second-order valence-electron chi connectivity index (χ2n) is 26.6. The van der Waals surface area contributed by atoms with E-state index in [4.69, 9.17) is 0 Å². The minimum absolute atomic E-state index is 0.0176. The molecule has 6 aromatic rings. The van der Waals surface area contributed by atoms with Gasteiger partial charge in [-0.25, -0.2) is 0 Å². The summed E-state index contributed by atoms with van der Waals surface area (Å²) in [5.41, 5.74) is 22.6. The molecular weight excluding hydrogens is 804 g/mol. The van der Waals surface area contributed by atoms with Crippen LogP contribution in [0.1, 0.15) is 188 Å². The number of fused-ring (bicyclic) bond motifs is 8. The maximum atomic E-state index is 2.72. The van der Waals surface area contributed by atoms with Crippen molar-refractivity contribution < 1.29 is 0 Å². The minimum atomic E-state index is -0.0243. The fourth-order valence-electron chi connectivity index (χ4n) is 12.0. The van der Waals surface area contributed by atoms with Gasteiger partial charge in [0.2, 0.25) is 0 Å². The van der Waals surface area contributed by atoms with Gasteiger partial charge in [-0.05, 0) is 181 Å². The Bertz CT molecular complexity index is 2940. The van der Waals surface area contributed by atoms with Gasteiger partial charge in [0.25, 0.3) is 6.71 Å². The van der Waals surface area contributed by atoms with Crippen molar-refractivity contribution in [3.63, 3.8) is 0 Å². The summed E-state index contributed by atoms with van der Waals surface area (Å²) < 4.78 is 2.83. The minimum Gasteiger partial charge on any atom is -0.311 e. The Balaban J connectivity index is 1.36. The summed E-state index contributed by atoms with van der Waals surface area (Å²) in [6.45, 7) is 43.6. The van der Waals surface area contributed by atoms with Crippen molar-refractivity contribution >= 4 is 78.0 Å². The molecule has 0 amide bonds. The molecule has 2 aliphatic carbocycles. The number of anilines is 6. The number of hydrogen-bond donors (Lipinski definition) is 0. The quantitative estimate of drug-likeness (QED) is 0.160. The molecule has 5 aromatic carbocycles. The topological polar surface area (TPSA) is 6.48 Å². The van der Waals surface area contributed by atoms with Gasteiger partial charge in [0.15, 0.2) is 0 Å². The van der Waals surface area contributed by atoms with E-state index in [0.717, 1.165) is 0 Å². The van der Waals surface area contributed by atoms with Crippen LogP contribution in [-0.2, 0) is 37.9 Å². The van der Waals surface area contributed by atoms with Crippen LogP contribution in [0, 0.1) is 6.92 Å². The molecule has 1 aromatic heterocycles. The summed E-state index contributed by atoms with van der Waals surface area (Å²) in [6.07, 6.45) is 4.78. The maximum absolute atomic E-state index is 2.72. The zero-order chi connectivity index (χ0) is 46.9. The van der Waals surface area contributed by atoms with Crippen LogP contribution in [-0.4, -0.2) is 6.71 Å². The van der Waals surface area contributed by atoms with Crippen LogP contribution in [0.5, 0.6) is 0 Å². The molecule has 0 atom stereocenters. The Kier molecular flexibility index (Phi) is 9.53. The fraction of sp³-hybridized carbons (Fsp3) is 0.475. The zero-order valence-electron chi connectivity index (χ0n) is 43.2. The molecular formula is C61H75BN2S. The van der Waals surface area contributed by atoms with E-state index >= 15 is 0 Å². The molecule has 0 radical (unpaired) electrons. The van der Waals surface area contributed by atoms with Crippen LogP contribution in [0.4, 0.5) is 34.1 Å². The van der Waals surface area contributed by atoms with Gasteiger partial charge in [0, 0.05) is 43.3 Å².